The predicted molar refractivity (Wildman–Crippen MR) is 289 cm³/mol. The molecule has 10 rings (SSSR count). The summed E-state index contributed by atoms with van der Waals surface area (Å²) >= 11 is 0. The summed E-state index contributed by atoms with van der Waals surface area (Å²) in [6, 6.07) is 86.9. The fraction of sp³-hybridized carbons (Fsp3) is 0.0333. The maximum atomic E-state index is 10.3. The van der Waals surface area contributed by atoms with Crippen molar-refractivity contribution in [1.29, 1.82) is 0 Å². The van der Waals surface area contributed by atoms with Gasteiger partial charge in [0.05, 0.1) is 15.8 Å². The molecule has 0 unspecified atom stereocenters. The molecule has 0 radical (unpaired) electrons. The second-order valence-corrected chi connectivity index (χ2v) is 20.9. The van der Waals surface area contributed by atoms with Crippen molar-refractivity contribution in [3.05, 3.63) is 277 Å². The number of carboxylic acid groups (broad SMARTS) is 2. The molecule has 0 saturated carbocycles. The van der Waals surface area contributed by atoms with Crippen LogP contribution in [0.15, 0.2) is 255 Å². The quantitative estimate of drug-likeness (QED) is 0.0991. The zero-order valence-corrected chi connectivity index (χ0v) is 42.2. The van der Waals surface area contributed by atoms with Crippen LogP contribution in [0, 0.1) is 0 Å². The summed E-state index contributed by atoms with van der Waals surface area (Å²) in [7, 11) is -2.74. The van der Waals surface area contributed by atoms with Gasteiger partial charge in [0.25, 0.3) is 11.9 Å². The summed E-state index contributed by atoms with van der Waals surface area (Å²) in [5.74, 6) is -2.23. The molecule has 2 atom stereocenters. The van der Waals surface area contributed by atoms with E-state index in [0.717, 1.165) is 0 Å². The average Bonchev–Trinajstić information content (AvgIpc) is 3.40. The third-order valence-corrected chi connectivity index (χ3v) is 17.2. The van der Waals surface area contributed by atoms with Gasteiger partial charge in [-0.1, -0.05) is 205 Å². The van der Waals surface area contributed by atoms with Gasteiger partial charge in [-0.3, -0.25) is 9.59 Å². The Morgan fingerprint density at radius 3 is 0.857 bits per heavy atom. The Morgan fingerprint density at radius 2 is 0.586 bits per heavy atom. The summed E-state index contributed by atoms with van der Waals surface area (Å²) in [4.78, 5) is 20.6. The summed E-state index contributed by atoms with van der Waals surface area (Å²) in [6.45, 7) is 0. The van der Waals surface area contributed by atoms with Crippen molar-refractivity contribution >= 4 is 81.2 Å². The molecular formula is C60H50LiN2O4P2Ru+3. The molecule has 10 heteroatoms. The predicted octanol–water partition coefficient (Wildman–Crippen LogP) is 9.37. The summed E-state index contributed by atoms with van der Waals surface area (Å²) in [5.41, 5.74) is 18.1. The molecule has 70 heavy (non-hydrogen) atoms. The first-order chi connectivity index (χ1) is 33.3. The smallest absolute Gasteiger partial charge is 0.661 e. The van der Waals surface area contributed by atoms with Crippen molar-refractivity contribution in [3.63, 3.8) is 0 Å². The Kier molecular flexibility index (Phi) is 19.7. The largest absolute Gasteiger partial charge is 2.00 e. The van der Waals surface area contributed by atoms with E-state index in [4.69, 9.17) is 21.7 Å². The third-order valence-electron chi connectivity index (χ3n) is 11.7. The maximum Gasteiger partial charge on any atom is 2.00 e. The van der Waals surface area contributed by atoms with Gasteiger partial charge in [0.2, 0.25) is 0 Å². The minimum absolute atomic E-state index is 0. The Balaban J connectivity index is 0.000000277. The molecule has 0 fully saturated rings. The zero-order chi connectivity index (χ0) is 47.2. The fourth-order valence-corrected chi connectivity index (χ4v) is 14.0. The Labute approximate surface area is 436 Å². The van der Waals surface area contributed by atoms with Crippen molar-refractivity contribution in [2.24, 2.45) is 0 Å². The van der Waals surface area contributed by atoms with Crippen LogP contribution in [-0.4, -0.2) is 22.2 Å². The van der Waals surface area contributed by atoms with Gasteiger partial charge in [-0.05, 0) is 94.3 Å². The first kappa shape index (κ1) is 53.0. The standard InChI is InChI=1S/C44H32P2.2C8H8NO2.Li.Ru/c1-5-19-35(20-6-1)45(36-21-7-2-8-22-36)41-31-29-33-17-13-15-27-39(33)43(41)44-40-28-16-14-18-34(40)30-32-42(44)46(37-23-9-3-10-24-37)38-25-11-4-12-26-38;2*9-7(8(10)11)6-4-2-1-3-5-6;;/h1-32H;2*1-5,7,9H,(H,10,11);;/q;2*-1;+1;+2/p+2/t;2*7-;;/m.00../s1. The molecule has 6 nitrogen and oxygen atoms in total. The average molecular weight is 1030 g/mol. The van der Waals surface area contributed by atoms with Crippen LogP contribution in [0.4, 0.5) is 0 Å². The molecule has 4 N–H and O–H groups in total. The van der Waals surface area contributed by atoms with Gasteiger partial charge in [0.15, 0.2) is 0 Å². The topological polar surface area (TPSA) is 122 Å². The number of hydrogen-bond acceptors (Lipinski definition) is 2. The van der Waals surface area contributed by atoms with E-state index in [-0.39, 0.29) is 38.3 Å². The summed E-state index contributed by atoms with van der Waals surface area (Å²) in [5, 5.41) is 30.5. The van der Waals surface area contributed by atoms with E-state index in [2.05, 4.69) is 194 Å². The molecule has 0 aromatic heterocycles. The first-order valence-electron chi connectivity index (χ1n) is 22.3. The van der Waals surface area contributed by atoms with Crippen LogP contribution in [0.1, 0.15) is 23.2 Å². The number of aliphatic carboxylic acids is 2. The third kappa shape index (κ3) is 12.7. The maximum absolute atomic E-state index is 10.3. The van der Waals surface area contributed by atoms with E-state index < -0.39 is 39.9 Å². The van der Waals surface area contributed by atoms with Crippen LogP contribution in [0.2, 0.25) is 0 Å². The number of fused-ring (bicyclic) bond motifs is 2. The molecule has 0 bridgehead atoms. The second kappa shape index (κ2) is 26.0. The molecule has 0 aliphatic carbocycles. The normalized spacial score (nSPS) is 11.4. The van der Waals surface area contributed by atoms with E-state index >= 15 is 0 Å². The summed E-state index contributed by atoms with van der Waals surface area (Å²) < 4.78 is 0. The van der Waals surface area contributed by atoms with Crippen molar-refractivity contribution in [2.75, 3.05) is 0 Å². The SMILES string of the molecule is [Li+].[NH-][C@H](C(=O)O)c1ccccc1.[NH-][C@H](C(=O)O)c1ccccc1.[Ru+2].c1ccc([PH+](c2ccccc2)c2ccc3ccccc3c2-c2c([PH+](c3ccccc3)c3ccccc3)ccc3ccccc23)cc1. The van der Waals surface area contributed by atoms with E-state index in [0.29, 0.717) is 11.1 Å². The number of nitrogens with one attached hydrogen (secondary N) is 2. The van der Waals surface area contributed by atoms with E-state index in [9.17, 15) is 9.59 Å². The number of hydrogen-bond donors (Lipinski definition) is 2. The van der Waals surface area contributed by atoms with E-state index in [1.807, 2.05) is 0 Å². The van der Waals surface area contributed by atoms with Crippen molar-refractivity contribution in [3.8, 4) is 11.1 Å². The Hall–Kier alpha value is -6.34. The monoisotopic (exact) mass is 1030 g/mol. The van der Waals surface area contributed by atoms with Crippen LogP contribution in [0.3, 0.4) is 0 Å². The van der Waals surface area contributed by atoms with Gasteiger partial charge in [-0.15, -0.1) is 0 Å². The summed E-state index contributed by atoms with van der Waals surface area (Å²) in [6.07, 6.45) is 0. The number of carbonyl (C=O) groups is 2. The van der Waals surface area contributed by atoms with Gasteiger partial charge in [0.1, 0.15) is 31.8 Å². The minimum Gasteiger partial charge on any atom is -0.661 e. The fourth-order valence-electron chi connectivity index (χ4n) is 8.45. The number of carboxylic acids is 2. The van der Waals surface area contributed by atoms with Gasteiger partial charge in [-0.25, -0.2) is 0 Å². The molecular weight excluding hydrogens is 983 g/mol. The van der Waals surface area contributed by atoms with E-state index in [1.165, 1.54) is 64.5 Å². The van der Waals surface area contributed by atoms with Gasteiger partial charge >= 0.3 is 38.3 Å². The molecule has 0 spiro atoms. The van der Waals surface area contributed by atoms with Crippen molar-refractivity contribution < 1.29 is 58.1 Å². The molecule has 0 amide bonds. The van der Waals surface area contributed by atoms with Crippen LogP contribution in [-0.2, 0) is 29.1 Å². The van der Waals surface area contributed by atoms with Gasteiger partial charge in [0, 0.05) is 11.1 Å². The van der Waals surface area contributed by atoms with Gasteiger partial charge < -0.3 is 21.7 Å². The Bertz CT molecular complexity index is 2930. The minimum atomic E-state index is -1.37. The molecule has 0 heterocycles. The van der Waals surface area contributed by atoms with Crippen LogP contribution in [0.5, 0.6) is 0 Å². The number of benzene rings is 10. The van der Waals surface area contributed by atoms with Crippen molar-refractivity contribution in [1.82, 2.24) is 0 Å². The molecule has 0 aliphatic rings. The van der Waals surface area contributed by atoms with Crippen LogP contribution >= 0.6 is 15.8 Å². The molecule has 10 aromatic carbocycles. The molecule has 340 valence electrons. The second-order valence-electron chi connectivity index (χ2n) is 16.0. The first-order valence-corrected chi connectivity index (χ1v) is 25.3. The molecule has 0 saturated heterocycles. The van der Waals surface area contributed by atoms with E-state index in [1.54, 1.807) is 60.7 Å². The van der Waals surface area contributed by atoms with Crippen LogP contribution in [0.25, 0.3) is 44.1 Å². The molecule has 10 aromatic rings. The van der Waals surface area contributed by atoms with Crippen LogP contribution < -0.4 is 50.7 Å². The molecule has 0 aliphatic heterocycles. The zero-order valence-electron chi connectivity index (χ0n) is 38.5. The Morgan fingerprint density at radius 1 is 0.343 bits per heavy atom. The van der Waals surface area contributed by atoms with Crippen molar-refractivity contribution in [2.45, 2.75) is 12.1 Å². The number of rotatable bonds is 11. The van der Waals surface area contributed by atoms with Gasteiger partial charge in [-0.2, -0.15) is 0 Å².